The van der Waals surface area contributed by atoms with Crippen LogP contribution in [0.25, 0.3) is 0 Å². The molecule has 5 nitrogen and oxygen atoms in total. The topological polar surface area (TPSA) is 68.8 Å². The highest BCUT2D eigenvalue weighted by molar-refractivity contribution is 5.59. The van der Waals surface area contributed by atoms with Gasteiger partial charge in [-0.2, -0.15) is 5.10 Å². The first kappa shape index (κ1) is 10.5. The fourth-order valence-corrected chi connectivity index (χ4v) is 1.56. The average molecular weight is 217 g/mol. The van der Waals surface area contributed by atoms with Gasteiger partial charge in [0.25, 0.3) is 0 Å². The second kappa shape index (κ2) is 4.22. The Bertz CT molecular complexity index is 489. The van der Waals surface area contributed by atoms with Gasteiger partial charge in [0.2, 0.25) is 0 Å². The molecule has 84 valence electrons. The minimum absolute atomic E-state index is 0.506. The fourth-order valence-electron chi connectivity index (χ4n) is 1.56. The third-order valence-electron chi connectivity index (χ3n) is 2.27. The zero-order chi connectivity index (χ0) is 11.5. The van der Waals surface area contributed by atoms with E-state index in [2.05, 4.69) is 22.3 Å². The molecule has 2 rings (SSSR count). The summed E-state index contributed by atoms with van der Waals surface area (Å²) in [6.45, 7) is 2.07. The average Bonchev–Trinajstić information content (AvgIpc) is 2.59. The predicted molar refractivity (Wildman–Crippen MR) is 64.5 cm³/mol. The van der Waals surface area contributed by atoms with E-state index in [0.717, 1.165) is 23.6 Å². The van der Waals surface area contributed by atoms with Gasteiger partial charge in [-0.15, -0.1) is 0 Å². The summed E-state index contributed by atoms with van der Waals surface area (Å²) in [4.78, 5) is 4.18. The molecule has 0 amide bonds. The monoisotopic (exact) mass is 217 g/mol. The van der Waals surface area contributed by atoms with Gasteiger partial charge in [0.1, 0.15) is 11.6 Å². The standard InChI is InChI=1S/C11H15N5/c1-3-8-9(7-16(2)15-8)13-11-6-4-5-10(12)14-11/h4-7H,3H2,1-2H3,(H3,12,13,14). The Balaban J connectivity index is 2.26. The van der Waals surface area contributed by atoms with E-state index in [9.17, 15) is 0 Å². The van der Waals surface area contributed by atoms with Gasteiger partial charge < -0.3 is 11.1 Å². The van der Waals surface area contributed by atoms with Crippen LogP contribution in [0.3, 0.4) is 0 Å². The van der Waals surface area contributed by atoms with Crippen LogP contribution in [0.4, 0.5) is 17.3 Å². The number of hydrogen-bond donors (Lipinski definition) is 2. The molecule has 0 aliphatic heterocycles. The normalized spacial score (nSPS) is 10.4. The van der Waals surface area contributed by atoms with Crippen molar-refractivity contribution in [1.29, 1.82) is 0 Å². The predicted octanol–water partition coefficient (Wildman–Crippen LogP) is 1.70. The highest BCUT2D eigenvalue weighted by Gasteiger charge is 2.06. The van der Waals surface area contributed by atoms with E-state index < -0.39 is 0 Å². The molecular formula is C11H15N5. The van der Waals surface area contributed by atoms with Crippen LogP contribution < -0.4 is 11.1 Å². The maximum Gasteiger partial charge on any atom is 0.132 e. The van der Waals surface area contributed by atoms with Crippen molar-refractivity contribution in [3.8, 4) is 0 Å². The minimum Gasteiger partial charge on any atom is -0.384 e. The number of hydrogen-bond acceptors (Lipinski definition) is 4. The van der Waals surface area contributed by atoms with E-state index in [1.807, 2.05) is 25.4 Å². The van der Waals surface area contributed by atoms with Crippen molar-refractivity contribution >= 4 is 17.3 Å². The lowest BCUT2D eigenvalue weighted by atomic mass is 10.3. The number of nitrogens with one attached hydrogen (secondary N) is 1. The second-order valence-corrected chi connectivity index (χ2v) is 3.59. The molecule has 0 spiro atoms. The molecule has 0 fully saturated rings. The van der Waals surface area contributed by atoms with E-state index in [4.69, 9.17) is 5.73 Å². The molecule has 0 saturated heterocycles. The Morgan fingerprint density at radius 1 is 1.44 bits per heavy atom. The van der Waals surface area contributed by atoms with Crippen LogP contribution in [-0.4, -0.2) is 14.8 Å². The highest BCUT2D eigenvalue weighted by Crippen LogP contribution is 2.19. The van der Waals surface area contributed by atoms with Crippen LogP contribution in [0, 0.1) is 0 Å². The van der Waals surface area contributed by atoms with Gasteiger partial charge in [-0.05, 0) is 18.6 Å². The number of pyridine rings is 1. The van der Waals surface area contributed by atoms with Crippen LogP contribution in [0.1, 0.15) is 12.6 Å². The van der Waals surface area contributed by atoms with Crippen molar-refractivity contribution in [1.82, 2.24) is 14.8 Å². The number of rotatable bonds is 3. The zero-order valence-corrected chi connectivity index (χ0v) is 9.44. The molecule has 3 N–H and O–H groups in total. The number of anilines is 3. The van der Waals surface area contributed by atoms with Crippen molar-refractivity contribution < 1.29 is 0 Å². The van der Waals surface area contributed by atoms with Crippen LogP contribution in [0.2, 0.25) is 0 Å². The van der Waals surface area contributed by atoms with Gasteiger partial charge in [0, 0.05) is 13.2 Å². The number of aromatic nitrogens is 3. The van der Waals surface area contributed by atoms with Crippen LogP contribution >= 0.6 is 0 Å². The quantitative estimate of drug-likeness (QED) is 0.821. The van der Waals surface area contributed by atoms with Crippen molar-refractivity contribution in [2.45, 2.75) is 13.3 Å². The fraction of sp³-hybridized carbons (Fsp3) is 0.273. The van der Waals surface area contributed by atoms with E-state index in [-0.39, 0.29) is 0 Å². The third kappa shape index (κ3) is 2.13. The number of nitrogens with zero attached hydrogens (tertiary/aromatic N) is 3. The summed E-state index contributed by atoms with van der Waals surface area (Å²) in [6, 6.07) is 5.50. The molecule has 0 aliphatic carbocycles. The molecule has 0 saturated carbocycles. The Hall–Kier alpha value is -2.04. The molecule has 0 atom stereocenters. The Morgan fingerprint density at radius 2 is 2.25 bits per heavy atom. The highest BCUT2D eigenvalue weighted by atomic mass is 15.3. The Kier molecular flexibility index (Phi) is 2.76. The molecule has 2 heterocycles. The maximum atomic E-state index is 5.62. The van der Waals surface area contributed by atoms with Crippen LogP contribution in [0.5, 0.6) is 0 Å². The first-order valence-electron chi connectivity index (χ1n) is 5.21. The van der Waals surface area contributed by atoms with Crippen molar-refractivity contribution in [3.05, 3.63) is 30.1 Å². The molecule has 5 heteroatoms. The Labute approximate surface area is 94.3 Å². The molecule has 0 bridgehead atoms. The maximum absolute atomic E-state index is 5.62. The summed E-state index contributed by atoms with van der Waals surface area (Å²) in [5.41, 5.74) is 7.61. The van der Waals surface area contributed by atoms with Crippen molar-refractivity contribution in [2.24, 2.45) is 7.05 Å². The second-order valence-electron chi connectivity index (χ2n) is 3.59. The lowest BCUT2D eigenvalue weighted by Crippen LogP contribution is -1.97. The van der Waals surface area contributed by atoms with Gasteiger partial charge in [-0.3, -0.25) is 4.68 Å². The minimum atomic E-state index is 0.506. The third-order valence-corrected chi connectivity index (χ3v) is 2.27. The van der Waals surface area contributed by atoms with Gasteiger partial charge in [-0.25, -0.2) is 4.98 Å². The zero-order valence-electron chi connectivity index (χ0n) is 9.44. The summed E-state index contributed by atoms with van der Waals surface area (Å²) < 4.78 is 1.79. The van der Waals surface area contributed by atoms with Crippen LogP contribution in [-0.2, 0) is 13.5 Å². The smallest absolute Gasteiger partial charge is 0.132 e. The van der Waals surface area contributed by atoms with Crippen molar-refractivity contribution in [2.75, 3.05) is 11.1 Å². The SMILES string of the molecule is CCc1nn(C)cc1Nc1cccc(N)n1. The molecular weight excluding hydrogens is 202 g/mol. The molecule has 0 aliphatic rings. The van der Waals surface area contributed by atoms with Crippen LogP contribution in [0.15, 0.2) is 24.4 Å². The Morgan fingerprint density at radius 3 is 2.94 bits per heavy atom. The molecule has 2 aromatic heterocycles. The number of nitrogen functional groups attached to an aromatic ring is 1. The van der Waals surface area contributed by atoms with Gasteiger partial charge in [0.15, 0.2) is 0 Å². The summed E-state index contributed by atoms with van der Waals surface area (Å²) >= 11 is 0. The van der Waals surface area contributed by atoms with E-state index in [1.54, 1.807) is 10.7 Å². The molecule has 16 heavy (non-hydrogen) atoms. The summed E-state index contributed by atoms with van der Waals surface area (Å²) in [5, 5.41) is 7.55. The summed E-state index contributed by atoms with van der Waals surface area (Å²) in [6.07, 6.45) is 2.81. The summed E-state index contributed by atoms with van der Waals surface area (Å²) in [7, 11) is 1.90. The summed E-state index contributed by atoms with van der Waals surface area (Å²) in [5.74, 6) is 1.25. The lowest BCUT2D eigenvalue weighted by Gasteiger charge is -2.04. The van der Waals surface area contributed by atoms with Crippen molar-refractivity contribution in [3.63, 3.8) is 0 Å². The van der Waals surface area contributed by atoms with E-state index in [1.165, 1.54) is 0 Å². The van der Waals surface area contributed by atoms with E-state index in [0.29, 0.717) is 5.82 Å². The van der Waals surface area contributed by atoms with Gasteiger partial charge in [0.05, 0.1) is 11.4 Å². The molecule has 0 radical (unpaired) electrons. The molecule has 0 aromatic carbocycles. The number of aryl methyl sites for hydroxylation is 2. The van der Waals surface area contributed by atoms with Gasteiger partial charge >= 0.3 is 0 Å². The first-order valence-corrected chi connectivity index (χ1v) is 5.21. The molecule has 2 aromatic rings. The largest absolute Gasteiger partial charge is 0.384 e. The number of nitrogens with two attached hydrogens (primary N) is 1. The van der Waals surface area contributed by atoms with E-state index >= 15 is 0 Å². The molecule has 0 unspecified atom stereocenters. The van der Waals surface area contributed by atoms with Gasteiger partial charge in [-0.1, -0.05) is 13.0 Å². The lowest BCUT2D eigenvalue weighted by molar-refractivity contribution is 0.746. The first-order chi connectivity index (χ1) is 7.69.